The van der Waals surface area contributed by atoms with Crippen LogP contribution in [0.25, 0.3) is 10.9 Å². The molecule has 6 rings (SSSR count). The minimum atomic E-state index is -0.219. The molecule has 0 unspecified atom stereocenters. The van der Waals surface area contributed by atoms with Gasteiger partial charge in [0, 0.05) is 81.7 Å². The third kappa shape index (κ3) is 6.90. The summed E-state index contributed by atoms with van der Waals surface area (Å²) in [6.45, 7) is 8.26. The summed E-state index contributed by atoms with van der Waals surface area (Å²) in [4.78, 5) is 32.0. The van der Waals surface area contributed by atoms with Crippen molar-refractivity contribution in [1.82, 2.24) is 19.8 Å². The average molecular weight is 581 g/mol. The Morgan fingerprint density at radius 1 is 1.00 bits per heavy atom. The molecule has 1 amide bonds. The summed E-state index contributed by atoms with van der Waals surface area (Å²) in [6, 6.07) is 12.6. The number of carbonyl (C=O) groups is 1. The average Bonchev–Trinajstić information content (AvgIpc) is 3.85. The molecule has 41 heavy (non-hydrogen) atoms. The smallest absolute Gasteiger partial charge is 0.224 e. The molecule has 1 aromatic heterocycles. The second-order valence-corrected chi connectivity index (χ2v) is 11.6. The Labute approximate surface area is 246 Å². The number of nitrogens with zero attached hydrogens (tertiary/aromatic N) is 6. The summed E-state index contributed by atoms with van der Waals surface area (Å²) in [7, 11) is 0. The molecule has 1 aliphatic carbocycles. The zero-order valence-electron chi connectivity index (χ0n) is 23.5. The van der Waals surface area contributed by atoms with Crippen molar-refractivity contribution in [2.75, 3.05) is 81.9 Å². The maximum Gasteiger partial charge on any atom is 0.224 e. The number of carbonyl (C=O) groups excluding carboxylic acids is 1. The van der Waals surface area contributed by atoms with Gasteiger partial charge in [0.2, 0.25) is 5.91 Å². The van der Waals surface area contributed by atoms with E-state index in [0.29, 0.717) is 55.8 Å². The first-order valence-corrected chi connectivity index (χ1v) is 15.2. The Kier molecular flexibility index (Phi) is 8.84. The Morgan fingerprint density at radius 2 is 1.78 bits per heavy atom. The van der Waals surface area contributed by atoms with Crippen molar-refractivity contribution in [2.24, 2.45) is 0 Å². The fourth-order valence-corrected chi connectivity index (χ4v) is 5.96. The third-order valence-corrected chi connectivity index (χ3v) is 8.56. The summed E-state index contributed by atoms with van der Waals surface area (Å²) in [5.41, 5.74) is 1.46. The predicted octanol–water partition coefficient (Wildman–Crippen LogP) is 4.57. The summed E-state index contributed by atoms with van der Waals surface area (Å²) in [5.74, 6) is 2.08. The van der Waals surface area contributed by atoms with E-state index in [1.807, 2.05) is 34.1 Å². The van der Waals surface area contributed by atoms with Gasteiger partial charge in [-0.1, -0.05) is 23.7 Å². The minimum Gasteiger partial charge on any atom is -0.379 e. The fourth-order valence-electron chi connectivity index (χ4n) is 5.80. The summed E-state index contributed by atoms with van der Waals surface area (Å²) in [6.07, 6.45) is 3.59. The number of halogens is 2. The third-order valence-electron chi connectivity index (χ3n) is 8.33. The van der Waals surface area contributed by atoms with E-state index >= 15 is 0 Å². The highest BCUT2D eigenvalue weighted by atomic mass is 35.5. The Balaban J connectivity index is 1.15. The van der Waals surface area contributed by atoms with E-state index in [-0.39, 0.29) is 11.7 Å². The molecule has 3 heterocycles. The van der Waals surface area contributed by atoms with Crippen molar-refractivity contribution < 1.29 is 13.9 Å². The summed E-state index contributed by atoms with van der Waals surface area (Å²) >= 11 is 6.35. The van der Waals surface area contributed by atoms with Crippen LogP contribution in [-0.2, 0) is 9.53 Å². The van der Waals surface area contributed by atoms with Crippen LogP contribution in [0.1, 0.15) is 37.4 Å². The zero-order chi connectivity index (χ0) is 28.2. The number of ether oxygens (including phenoxy) is 1. The Hall–Kier alpha value is -3.01. The van der Waals surface area contributed by atoms with Crippen LogP contribution in [-0.4, -0.2) is 97.8 Å². The molecule has 2 aromatic carbocycles. The molecule has 0 radical (unpaired) electrons. The van der Waals surface area contributed by atoms with Gasteiger partial charge in [-0.25, -0.2) is 14.4 Å². The number of morpholine rings is 1. The number of para-hydroxylation sites is 1. The molecule has 0 atom stereocenters. The van der Waals surface area contributed by atoms with E-state index < -0.39 is 0 Å². The van der Waals surface area contributed by atoms with Gasteiger partial charge in [-0.15, -0.1) is 0 Å². The van der Waals surface area contributed by atoms with Gasteiger partial charge in [0.05, 0.1) is 24.4 Å². The zero-order valence-corrected chi connectivity index (χ0v) is 24.2. The molecular formula is C31H38ClFN6O2. The van der Waals surface area contributed by atoms with Crippen LogP contribution in [0.4, 0.5) is 15.9 Å². The van der Waals surface area contributed by atoms with E-state index in [2.05, 4.69) is 9.80 Å². The van der Waals surface area contributed by atoms with Crippen LogP contribution >= 0.6 is 11.6 Å². The monoisotopic (exact) mass is 580 g/mol. The van der Waals surface area contributed by atoms with Crippen molar-refractivity contribution in [3.05, 3.63) is 59.1 Å². The Morgan fingerprint density at radius 3 is 2.54 bits per heavy atom. The Bertz CT molecular complexity index is 1360. The van der Waals surface area contributed by atoms with Gasteiger partial charge >= 0.3 is 0 Å². The first-order chi connectivity index (χ1) is 20.0. The number of piperazine rings is 1. The van der Waals surface area contributed by atoms with Crippen LogP contribution in [0.3, 0.4) is 0 Å². The largest absolute Gasteiger partial charge is 0.379 e. The number of hydrogen-bond acceptors (Lipinski definition) is 7. The van der Waals surface area contributed by atoms with Gasteiger partial charge in [0.15, 0.2) is 0 Å². The lowest BCUT2D eigenvalue weighted by molar-refractivity contribution is -0.131. The molecule has 0 N–H and O–H groups in total. The molecule has 3 aliphatic rings. The van der Waals surface area contributed by atoms with Crippen LogP contribution < -0.4 is 9.80 Å². The number of rotatable bonds is 10. The van der Waals surface area contributed by atoms with Gasteiger partial charge in [-0.3, -0.25) is 9.69 Å². The van der Waals surface area contributed by atoms with E-state index in [9.17, 15) is 9.18 Å². The topological polar surface area (TPSA) is 65.0 Å². The number of hydrogen-bond donors (Lipinski definition) is 0. The maximum absolute atomic E-state index is 14.3. The predicted molar refractivity (Wildman–Crippen MR) is 160 cm³/mol. The van der Waals surface area contributed by atoms with Gasteiger partial charge in [0.25, 0.3) is 0 Å². The van der Waals surface area contributed by atoms with E-state index in [1.165, 1.54) is 6.07 Å². The van der Waals surface area contributed by atoms with Crippen LogP contribution in [0.15, 0.2) is 42.5 Å². The van der Waals surface area contributed by atoms with Crippen LogP contribution in [0.2, 0.25) is 5.02 Å². The van der Waals surface area contributed by atoms with Crippen molar-refractivity contribution in [3.63, 3.8) is 0 Å². The number of aromatic nitrogens is 2. The van der Waals surface area contributed by atoms with Crippen molar-refractivity contribution in [3.8, 4) is 0 Å². The lowest BCUT2D eigenvalue weighted by Gasteiger charge is -2.36. The number of benzene rings is 2. The molecule has 10 heteroatoms. The maximum atomic E-state index is 14.3. The van der Waals surface area contributed by atoms with Crippen molar-refractivity contribution >= 4 is 39.9 Å². The molecule has 2 saturated heterocycles. The molecule has 0 spiro atoms. The first kappa shape index (κ1) is 28.1. The highest BCUT2D eigenvalue weighted by Gasteiger charge is 2.29. The first-order valence-electron chi connectivity index (χ1n) is 14.8. The SMILES string of the molecule is O=C(CCN(CCCN1CCOCC1)c1nc(C2CC2)nc2cc(Cl)ccc12)N1CCN(c2ccccc2F)CC1. The summed E-state index contributed by atoms with van der Waals surface area (Å²) in [5, 5.41) is 1.63. The van der Waals surface area contributed by atoms with Gasteiger partial charge < -0.3 is 19.4 Å². The van der Waals surface area contributed by atoms with Crippen molar-refractivity contribution in [2.45, 2.75) is 31.6 Å². The standard InChI is InChI=1S/C31H38ClFN6O2/c32-24-8-9-25-27(22-24)34-30(23-6-7-23)35-31(25)39(12-3-11-36-18-20-41-21-19-36)13-10-29(40)38-16-14-37(15-17-38)28-5-2-1-4-26(28)33/h1-2,4-5,8-9,22-23H,3,6-7,10-21H2. The fraction of sp³-hybridized carbons (Fsp3) is 0.516. The molecule has 0 bridgehead atoms. The van der Waals surface area contributed by atoms with E-state index in [0.717, 1.165) is 81.2 Å². The number of anilines is 2. The molecule has 218 valence electrons. The van der Waals surface area contributed by atoms with Gasteiger partial charge in [0.1, 0.15) is 17.5 Å². The molecular weight excluding hydrogens is 543 g/mol. The minimum absolute atomic E-state index is 0.125. The van der Waals surface area contributed by atoms with Crippen LogP contribution in [0.5, 0.6) is 0 Å². The van der Waals surface area contributed by atoms with Gasteiger partial charge in [-0.05, 0) is 49.6 Å². The molecule has 2 aliphatic heterocycles. The highest BCUT2D eigenvalue weighted by molar-refractivity contribution is 6.31. The normalized spacial score (nSPS) is 18.2. The van der Waals surface area contributed by atoms with Crippen molar-refractivity contribution in [1.29, 1.82) is 0 Å². The highest BCUT2D eigenvalue weighted by Crippen LogP contribution is 2.40. The van der Waals surface area contributed by atoms with Crippen LogP contribution in [0, 0.1) is 5.82 Å². The number of amides is 1. The second-order valence-electron chi connectivity index (χ2n) is 11.2. The molecule has 1 saturated carbocycles. The molecule has 8 nitrogen and oxygen atoms in total. The summed E-state index contributed by atoms with van der Waals surface area (Å²) < 4.78 is 19.8. The van der Waals surface area contributed by atoms with Gasteiger partial charge in [-0.2, -0.15) is 0 Å². The number of fused-ring (bicyclic) bond motifs is 1. The lowest BCUT2D eigenvalue weighted by Crippen LogP contribution is -2.49. The quantitative estimate of drug-likeness (QED) is 0.348. The second kappa shape index (κ2) is 12.9. The van der Waals surface area contributed by atoms with E-state index in [1.54, 1.807) is 12.1 Å². The van der Waals surface area contributed by atoms with E-state index in [4.69, 9.17) is 26.3 Å². The molecule has 3 fully saturated rings. The molecule has 3 aromatic rings. The lowest BCUT2D eigenvalue weighted by atomic mass is 10.2.